The Kier molecular flexibility index (Phi) is 27.1. The molecule has 0 saturated carbocycles. The minimum Gasteiger partial charge on any atom is -0.481 e. The minimum atomic E-state index is -0.935. The van der Waals surface area contributed by atoms with Crippen LogP contribution in [0, 0.1) is 5.41 Å². The molecule has 7 N–H and O–H groups in total. The molecule has 0 spiro atoms. The van der Waals surface area contributed by atoms with Gasteiger partial charge in [-0.25, -0.2) is 4.79 Å². The fraction of sp³-hybridized carbons (Fsp3) is 0.222. The Balaban J connectivity index is -0.0000000643. The quantitative estimate of drug-likeness (QED) is 0.191. The topological polar surface area (TPSA) is 150 Å². The largest absolute Gasteiger partial charge is 0.481 e. The Morgan fingerprint density at radius 3 is 1.19 bits per heavy atom. The summed E-state index contributed by atoms with van der Waals surface area (Å²) < 4.78 is 0. The Morgan fingerprint density at radius 1 is 1.12 bits per heavy atom. The molecule has 0 saturated heterocycles. The Labute approximate surface area is 94.6 Å². The first-order chi connectivity index (χ1) is 7.11. The third-order valence-electron chi connectivity index (χ3n) is 0.365. The van der Waals surface area contributed by atoms with Crippen LogP contribution in [0.2, 0.25) is 0 Å². The van der Waals surface area contributed by atoms with Crippen molar-refractivity contribution >= 4 is 17.9 Å². The highest BCUT2D eigenvalue weighted by molar-refractivity contribution is 5.84. The monoisotopic (exact) mass is 233 g/mol. The molecule has 0 unspecified atom stereocenters. The fourth-order valence-corrected chi connectivity index (χ4v) is 0. The van der Waals surface area contributed by atoms with Gasteiger partial charge in [-0.1, -0.05) is 6.58 Å². The Morgan fingerprint density at radius 2 is 1.19 bits per heavy atom. The number of carboxylic acid groups (broad SMARTS) is 2. The molecule has 16 heavy (non-hydrogen) atoms. The zero-order valence-corrected chi connectivity index (χ0v) is 9.49. The highest BCUT2D eigenvalue weighted by Crippen LogP contribution is 1.81. The molecule has 0 fully saturated rings. The summed E-state index contributed by atoms with van der Waals surface area (Å²) in [5.74, 6) is -2.10. The van der Waals surface area contributed by atoms with E-state index in [4.69, 9.17) is 20.4 Å². The molecule has 7 heteroatoms. The molecule has 0 aromatic carbocycles. The summed E-state index contributed by atoms with van der Waals surface area (Å²) in [5.41, 5.74) is 9.12. The van der Waals surface area contributed by atoms with E-state index >= 15 is 0 Å². The van der Waals surface area contributed by atoms with E-state index in [-0.39, 0.29) is 11.5 Å². The van der Waals surface area contributed by atoms with Crippen LogP contribution in [0.4, 0.5) is 0 Å². The van der Waals surface area contributed by atoms with Crippen molar-refractivity contribution in [2.75, 3.05) is 0 Å². The number of hydrogen-bond donors (Lipinski definition) is 5. The van der Waals surface area contributed by atoms with E-state index in [9.17, 15) is 4.79 Å². The molecule has 7 nitrogen and oxygen atoms in total. The lowest BCUT2D eigenvalue weighted by atomic mass is 10.4. The van der Waals surface area contributed by atoms with Crippen molar-refractivity contribution in [1.29, 1.82) is 5.41 Å². The Bertz CT molecular complexity index is 207. The average molecular weight is 233 g/mol. The van der Waals surface area contributed by atoms with E-state index in [0.717, 1.165) is 6.92 Å². The maximum atomic E-state index is 9.60. The van der Waals surface area contributed by atoms with Crippen LogP contribution in [-0.2, 0) is 9.59 Å². The summed E-state index contributed by atoms with van der Waals surface area (Å²) in [6.07, 6.45) is 0. The van der Waals surface area contributed by atoms with Crippen molar-refractivity contribution in [2.45, 2.75) is 13.8 Å². The summed E-state index contributed by atoms with van der Waals surface area (Å²) in [5, 5.41) is 21.4. The molecule has 0 rings (SSSR count). The van der Waals surface area contributed by atoms with Crippen molar-refractivity contribution in [3.63, 3.8) is 0 Å². The van der Waals surface area contributed by atoms with Crippen LogP contribution in [-0.4, -0.2) is 28.1 Å². The zero-order valence-electron chi connectivity index (χ0n) is 9.49. The molecule has 0 atom stereocenters. The van der Waals surface area contributed by atoms with E-state index in [1.54, 1.807) is 0 Å². The van der Waals surface area contributed by atoms with Crippen molar-refractivity contribution < 1.29 is 19.8 Å². The molecule has 0 aliphatic heterocycles. The van der Waals surface area contributed by atoms with Gasteiger partial charge in [0.1, 0.15) is 0 Å². The van der Waals surface area contributed by atoms with Gasteiger partial charge in [0.25, 0.3) is 5.97 Å². The molecular weight excluding hydrogens is 214 g/mol. The number of nitrogens with two attached hydrogens (primary N) is 2. The molecule has 0 aromatic heterocycles. The predicted octanol–water partition coefficient (Wildman–Crippen LogP) is 0.379. The molecule has 0 aliphatic rings. The van der Waals surface area contributed by atoms with E-state index in [2.05, 4.69) is 31.2 Å². The second-order valence-electron chi connectivity index (χ2n) is 2.06. The first-order valence-corrected chi connectivity index (χ1v) is 3.79. The van der Waals surface area contributed by atoms with Crippen LogP contribution in [0.1, 0.15) is 13.8 Å². The number of nitrogens with one attached hydrogen (secondary N) is 1. The van der Waals surface area contributed by atoms with Crippen LogP contribution < -0.4 is 11.5 Å². The summed E-state index contributed by atoms with van der Waals surface area (Å²) in [4.78, 5) is 18.6. The number of aliphatic carboxylic acids is 2. The lowest BCUT2D eigenvalue weighted by Crippen LogP contribution is -2.20. The maximum Gasteiger partial charge on any atom is 0.330 e. The molecule has 0 radical (unpaired) electrons. The molecule has 0 aromatic rings. The van der Waals surface area contributed by atoms with Gasteiger partial charge in [-0.05, 0) is 6.92 Å². The molecular formula is C9H19N3O4. The first-order valence-electron chi connectivity index (χ1n) is 3.79. The second kappa shape index (κ2) is 18.5. The van der Waals surface area contributed by atoms with Gasteiger partial charge in [0.15, 0.2) is 5.96 Å². The van der Waals surface area contributed by atoms with Gasteiger partial charge in [0.05, 0.1) is 0 Å². The Hall–Kier alpha value is -2.31. The molecule has 94 valence electrons. The van der Waals surface area contributed by atoms with Gasteiger partial charge in [-0.15, -0.1) is 13.2 Å². The van der Waals surface area contributed by atoms with Crippen molar-refractivity contribution in [2.24, 2.45) is 11.5 Å². The molecule has 0 amide bonds. The van der Waals surface area contributed by atoms with Gasteiger partial charge in [-0.2, -0.15) is 0 Å². The summed E-state index contributed by atoms with van der Waals surface area (Å²) in [6, 6.07) is 0. The highest BCUT2D eigenvalue weighted by atomic mass is 16.4. The van der Waals surface area contributed by atoms with Gasteiger partial charge < -0.3 is 21.7 Å². The second-order valence-corrected chi connectivity index (χ2v) is 2.06. The van der Waals surface area contributed by atoms with Gasteiger partial charge in [-0.3, -0.25) is 10.2 Å². The SMILES string of the molecule is C=C.C=C(C)C(=O)O.CC(=O)O.N=C(N)N. The van der Waals surface area contributed by atoms with E-state index in [0.29, 0.717) is 0 Å². The zero-order chi connectivity index (χ0) is 14.3. The van der Waals surface area contributed by atoms with Crippen molar-refractivity contribution in [1.82, 2.24) is 0 Å². The third kappa shape index (κ3) is 468. The number of carbonyl (C=O) groups is 2. The van der Waals surface area contributed by atoms with Gasteiger partial charge >= 0.3 is 5.97 Å². The average Bonchev–Trinajstić information content (AvgIpc) is 2.05. The van der Waals surface area contributed by atoms with Crippen LogP contribution in [0.15, 0.2) is 25.3 Å². The van der Waals surface area contributed by atoms with Crippen LogP contribution in [0.5, 0.6) is 0 Å². The number of guanidine groups is 1. The smallest absolute Gasteiger partial charge is 0.330 e. The lowest BCUT2D eigenvalue weighted by molar-refractivity contribution is -0.134. The summed E-state index contributed by atoms with van der Waals surface area (Å²) in [6.45, 7) is 11.7. The summed E-state index contributed by atoms with van der Waals surface area (Å²) in [7, 11) is 0. The maximum absolute atomic E-state index is 9.60. The normalized spacial score (nSPS) is 6.12. The number of carboxylic acids is 2. The van der Waals surface area contributed by atoms with Gasteiger partial charge in [0.2, 0.25) is 0 Å². The fourth-order valence-electron chi connectivity index (χ4n) is 0. The highest BCUT2D eigenvalue weighted by Gasteiger charge is 1.90. The molecule has 0 aliphatic carbocycles. The van der Waals surface area contributed by atoms with Gasteiger partial charge in [0, 0.05) is 12.5 Å². The number of hydrogen-bond acceptors (Lipinski definition) is 3. The molecule has 0 heterocycles. The van der Waals surface area contributed by atoms with E-state index in [1.165, 1.54) is 6.92 Å². The number of rotatable bonds is 1. The minimum absolute atomic E-state index is 0.176. The third-order valence-corrected chi connectivity index (χ3v) is 0.365. The van der Waals surface area contributed by atoms with Crippen molar-refractivity contribution in [3.8, 4) is 0 Å². The molecule has 0 bridgehead atoms. The predicted molar refractivity (Wildman–Crippen MR) is 63.1 cm³/mol. The lowest BCUT2D eigenvalue weighted by Gasteiger charge is -1.79. The van der Waals surface area contributed by atoms with E-state index < -0.39 is 11.9 Å². The standard InChI is InChI=1S/C4H6O2.C2H4O2.C2H4.CH5N3/c1-3(2)4(5)6;1-2(3)4;1-2;2-1(3)4/h1H2,2H3,(H,5,6);1H3,(H,3,4);1-2H2;(H5,2,3,4). The van der Waals surface area contributed by atoms with Crippen LogP contribution >= 0.6 is 0 Å². The first kappa shape index (κ1) is 23.5. The summed E-state index contributed by atoms with van der Waals surface area (Å²) >= 11 is 0. The van der Waals surface area contributed by atoms with E-state index in [1.807, 2.05) is 0 Å². The van der Waals surface area contributed by atoms with Crippen LogP contribution in [0.3, 0.4) is 0 Å². The van der Waals surface area contributed by atoms with Crippen LogP contribution in [0.25, 0.3) is 0 Å². The van der Waals surface area contributed by atoms with Crippen molar-refractivity contribution in [3.05, 3.63) is 25.3 Å².